The van der Waals surface area contributed by atoms with E-state index in [1.165, 1.54) is 32.1 Å². The van der Waals surface area contributed by atoms with E-state index in [2.05, 4.69) is 11.1 Å². The number of aromatic nitrogens is 1. The van der Waals surface area contributed by atoms with Gasteiger partial charge in [0.1, 0.15) is 5.76 Å². The first-order valence-electron chi connectivity index (χ1n) is 5.21. The van der Waals surface area contributed by atoms with Gasteiger partial charge in [-0.05, 0) is 12.8 Å². The van der Waals surface area contributed by atoms with Crippen molar-refractivity contribution in [1.29, 1.82) is 5.26 Å². The molecule has 1 aromatic rings. The van der Waals surface area contributed by atoms with Crippen LogP contribution in [-0.4, -0.2) is 4.98 Å². The molecule has 1 aliphatic rings. The highest BCUT2D eigenvalue weighted by Crippen LogP contribution is 2.32. The SMILES string of the molecule is N#CCc1cnc(C2CCCCC2)o1. The topological polar surface area (TPSA) is 49.8 Å². The van der Waals surface area contributed by atoms with E-state index in [0.29, 0.717) is 18.1 Å². The Morgan fingerprint density at radius 1 is 1.43 bits per heavy atom. The standard InChI is InChI=1S/C11H14N2O/c12-7-6-10-8-13-11(14-10)9-4-2-1-3-5-9/h8-9H,1-6H2. The van der Waals surface area contributed by atoms with Gasteiger partial charge in [0, 0.05) is 5.92 Å². The molecule has 0 aromatic carbocycles. The van der Waals surface area contributed by atoms with Crippen molar-refractivity contribution in [2.45, 2.75) is 44.4 Å². The van der Waals surface area contributed by atoms with E-state index < -0.39 is 0 Å². The third-order valence-electron chi connectivity index (χ3n) is 2.78. The lowest BCUT2D eigenvalue weighted by atomic mass is 9.89. The second-order valence-corrected chi connectivity index (χ2v) is 3.83. The fraction of sp³-hybridized carbons (Fsp3) is 0.636. The Balaban J connectivity index is 2.04. The minimum atomic E-state index is 0.333. The van der Waals surface area contributed by atoms with E-state index in [0.717, 1.165) is 5.89 Å². The number of nitrogens with zero attached hydrogens (tertiary/aromatic N) is 2. The van der Waals surface area contributed by atoms with E-state index in [9.17, 15) is 0 Å². The van der Waals surface area contributed by atoms with Crippen molar-refractivity contribution in [3.63, 3.8) is 0 Å². The average Bonchev–Trinajstić information content (AvgIpc) is 2.68. The van der Waals surface area contributed by atoms with Crippen molar-refractivity contribution in [3.8, 4) is 6.07 Å². The van der Waals surface area contributed by atoms with E-state index in [1.807, 2.05) is 0 Å². The molecule has 1 aliphatic carbocycles. The second-order valence-electron chi connectivity index (χ2n) is 3.83. The summed E-state index contributed by atoms with van der Waals surface area (Å²) >= 11 is 0. The Morgan fingerprint density at radius 3 is 2.93 bits per heavy atom. The van der Waals surface area contributed by atoms with Gasteiger partial charge in [0.15, 0.2) is 5.89 Å². The molecule has 1 saturated carbocycles. The van der Waals surface area contributed by atoms with Gasteiger partial charge in [-0.15, -0.1) is 0 Å². The van der Waals surface area contributed by atoms with Crippen molar-refractivity contribution in [2.75, 3.05) is 0 Å². The van der Waals surface area contributed by atoms with Gasteiger partial charge in [-0.25, -0.2) is 4.98 Å². The summed E-state index contributed by atoms with van der Waals surface area (Å²) in [6, 6.07) is 2.07. The van der Waals surface area contributed by atoms with Crippen LogP contribution in [-0.2, 0) is 6.42 Å². The van der Waals surface area contributed by atoms with Crippen LogP contribution in [0.2, 0.25) is 0 Å². The van der Waals surface area contributed by atoms with Crippen LogP contribution in [0.1, 0.15) is 49.7 Å². The molecule has 3 nitrogen and oxygen atoms in total. The zero-order chi connectivity index (χ0) is 9.80. The Labute approximate surface area is 83.8 Å². The van der Waals surface area contributed by atoms with Crippen molar-refractivity contribution in [3.05, 3.63) is 17.8 Å². The highest BCUT2D eigenvalue weighted by atomic mass is 16.4. The van der Waals surface area contributed by atoms with Gasteiger partial charge in [-0.3, -0.25) is 0 Å². The van der Waals surface area contributed by atoms with E-state index in [-0.39, 0.29) is 0 Å². The molecule has 74 valence electrons. The van der Waals surface area contributed by atoms with Crippen LogP contribution >= 0.6 is 0 Å². The number of rotatable bonds is 2. The summed E-state index contributed by atoms with van der Waals surface area (Å²) in [6.45, 7) is 0. The zero-order valence-corrected chi connectivity index (χ0v) is 8.20. The molecule has 0 spiro atoms. The van der Waals surface area contributed by atoms with Crippen molar-refractivity contribution in [2.24, 2.45) is 0 Å². The summed E-state index contributed by atoms with van der Waals surface area (Å²) in [5, 5.41) is 8.50. The number of hydrogen-bond donors (Lipinski definition) is 0. The van der Waals surface area contributed by atoms with Gasteiger partial charge in [-0.2, -0.15) is 5.26 Å². The lowest BCUT2D eigenvalue weighted by Crippen LogP contribution is -2.04. The van der Waals surface area contributed by atoms with E-state index >= 15 is 0 Å². The zero-order valence-electron chi connectivity index (χ0n) is 8.20. The number of oxazole rings is 1. The molecule has 2 rings (SSSR count). The highest BCUT2D eigenvalue weighted by molar-refractivity contribution is 5.03. The first-order chi connectivity index (χ1) is 6.90. The molecular weight excluding hydrogens is 176 g/mol. The lowest BCUT2D eigenvalue weighted by molar-refractivity contribution is 0.354. The molecule has 0 atom stereocenters. The summed E-state index contributed by atoms with van der Waals surface area (Å²) < 4.78 is 5.53. The Hall–Kier alpha value is -1.30. The van der Waals surface area contributed by atoms with Gasteiger partial charge in [0.25, 0.3) is 0 Å². The summed E-state index contributed by atoms with van der Waals surface area (Å²) in [6.07, 6.45) is 8.29. The Bertz CT molecular complexity index is 331. The molecule has 0 N–H and O–H groups in total. The molecular formula is C11H14N2O. The molecule has 3 heteroatoms. The van der Waals surface area contributed by atoms with Crippen LogP contribution in [0.15, 0.2) is 10.6 Å². The maximum Gasteiger partial charge on any atom is 0.197 e. The molecule has 1 heterocycles. The summed E-state index contributed by atoms with van der Waals surface area (Å²) in [5.41, 5.74) is 0. The van der Waals surface area contributed by atoms with Crippen LogP contribution in [0.3, 0.4) is 0 Å². The molecule has 1 fully saturated rings. The van der Waals surface area contributed by atoms with Crippen molar-refractivity contribution < 1.29 is 4.42 Å². The van der Waals surface area contributed by atoms with Crippen molar-refractivity contribution in [1.82, 2.24) is 4.98 Å². The quantitative estimate of drug-likeness (QED) is 0.720. The summed E-state index contributed by atoms with van der Waals surface area (Å²) in [5.74, 6) is 2.04. The fourth-order valence-corrected chi connectivity index (χ4v) is 2.02. The van der Waals surface area contributed by atoms with Crippen LogP contribution in [0.4, 0.5) is 0 Å². The van der Waals surface area contributed by atoms with Crippen molar-refractivity contribution >= 4 is 0 Å². The summed E-state index contributed by atoms with van der Waals surface area (Å²) in [4.78, 5) is 4.24. The molecule has 0 amide bonds. The first kappa shape index (κ1) is 9.26. The highest BCUT2D eigenvalue weighted by Gasteiger charge is 2.19. The monoisotopic (exact) mass is 190 g/mol. The predicted molar refractivity (Wildman–Crippen MR) is 51.6 cm³/mol. The Kier molecular flexibility index (Phi) is 2.83. The van der Waals surface area contributed by atoms with Gasteiger partial charge < -0.3 is 4.42 Å². The van der Waals surface area contributed by atoms with E-state index in [4.69, 9.17) is 9.68 Å². The number of hydrogen-bond acceptors (Lipinski definition) is 3. The molecule has 0 bridgehead atoms. The maximum absolute atomic E-state index is 8.50. The van der Waals surface area contributed by atoms with Crippen LogP contribution < -0.4 is 0 Å². The Morgan fingerprint density at radius 2 is 2.21 bits per heavy atom. The number of nitriles is 1. The molecule has 14 heavy (non-hydrogen) atoms. The lowest BCUT2D eigenvalue weighted by Gasteiger charge is -2.17. The summed E-state index contributed by atoms with van der Waals surface area (Å²) in [7, 11) is 0. The molecule has 1 aromatic heterocycles. The van der Waals surface area contributed by atoms with Crippen LogP contribution in [0.25, 0.3) is 0 Å². The van der Waals surface area contributed by atoms with Crippen LogP contribution in [0.5, 0.6) is 0 Å². The third-order valence-corrected chi connectivity index (χ3v) is 2.78. The van der Waals surface area contributed by atoms with Gasteiger partial charge in [0.05, 0.1) is 18.7 Å². The minimum Gasteiger partial charge on any atom is -0.444 e. The average molecular weight is 190 g/mol. The van der Waals surface area contributed by atoms with E-state index in [1.54, 1.807) is 6.20 Å². The molecule has 0 aliphatic heterocycles. The smallest absolute Gasteiger partial charge is 0.197 e. The molecule has 0 saturated heterocycles. The van der Waals surface area contributed by atoms with Gasteiger partial charge >= 0.3 is 0 Å². The molecule has 0 unspecified atom stereocenters. The normalized spacial score (nSPS) is 17.9. The van der Waals surface area contributed by atoms with Gasteiger partial charge in [-0.1, -0.05) is 19.3 Å². The third kappa shape index (κ3) is 1.95. The fourth-order valence-electron chi connectivity index (χ4n) is 2.02. The largest absolute Gasteiger partial charge is 0.444 e. The van der Waals surface area contributed by atoms with Crippen LogP contribution in [0, 0.1) is 11.3 Å². The van der Waals surface area contributed by atoms with Gasteiger partial charge in [0.2, 0.25) is 0 Å². The minimum absolute atomic E-state index is 0.333. The maximum atomic E-state index is 8.50. The first-order valence-corrected chi connectivity index (χ1v) is 5.21. The second kappa shape index (κ2) is 4.28. The predicted octanol–water partition coefficient (Wildman–Crippen LogP) is 2.79. The molecule has 0 radical (unpaired) electrons.